The molecular formula is C28H23BrN2O7. The molecule has 0 aliphatic carbocycles. The molecule has 38 heavy (non-hydrogen) atoms. The minimum Gasteiger partial charge on any atom is -0.448 e. The highest BCUT2D eigenvalue weighted by atomic mass is 79.9. The van der Waals surface area contributed by atoms with E-state index < -0.39 is 47.6 Å². The Kier molecular flexibility index (Phi) is 6.87. The Morgan fingerprint density at radius 3 is 2.03 bits per heavy atom. The summed E-state index contributed by atoms with van der Waals surface area (Å²) in [7, 11) is 0. The number of nitrogens with zero attached hydrogens (tertiary/aromatic N) is 1. The SMILES string of the molecule is N[C@]1(C(=O)c2ccc(Br)cc2)CON(C2(C(=O)OC(c3ccccc3)c3ccccc3)CCC(=O)O2)C1=O. The lowest BCUT2D eigenvalue weighted by Gasteiger charge is -2.34. The monoisotopic (exact) mass is 578 g/mol. The third-order valence-electron chi connectivity index (χ3n) is 6.53. The molecule has 3 aromatic rings. The van der Waals surface area contributed by atoms with Crippen molar-refractivity contribution in [2.75, 3.05) is 6.61 Å². The fourth-order valence-corrected chi connectivity index (χ4v) is 4.74. The number of nitrogens with two attached hydrogens (primary N) is 1. The Morgan fingerprint density at radius 2 is 1.50 bits per heavy atom. The highest BCUT2D eigenvalue weighted by molar-refractivity contribution is 9.10. The number of benzene rings is 3. The van der Waals surface area contributed by atoms with Crippen LogP contribution in [-0.4, -0.2) is 46.6 Å². The lowest BCUT2D eigenvalue weighted by atomic mass is 9.90. The first-order valence-corrected chi connectivity index (χ1v) is 12.6. The molecule has 0 radical (unpaired) electrons. The normalized spacial score (nSPS) is 23.0. The highest BCUT2D eigenvalue weighted by Gasteiger charge is 2.64. The van der Waals surface area contributed by atoms with E-state index in [2.05, 4.69) is 15.9 Å². The third-order valence-corrected chi connectivity index (χ3v) is 7.05. The van der Waals surface area contributed by atoms with Crippen molar-refractivity contribution in [3.05, 3.63) is 106 Å². The van der Waals surface area contributed by atoms with Gasteiger partial charge < -0.3 is 15.2 Å². The van der Waals surface area contributed by atoms with Gasteiger partial charge in [-0.1, -0.05) is 88.7 Å². The van der Waals surface area contributed by atoms with Crippen LogP contribution in [0.15, 0.2) is 89.4 Å². The van der Waals surface area contributed by atoms with Gasteiger partial charge in [0.1, 0.15) is 6.61 Å². The molecule has 9 nitrogen and oxygen atoms in total. The molecule has 2 fully saturated rings. The van der Waals surface area contributed by atoms with Crippen LogP contribution in [0, 0.1) is 0 Å². The van der Waals surface area contributed by atoms with Crippen molar-refractivity contribution < 1.29 is 33.5 Å². The van der Waals surface area contributed by atoms with E-state index in [1.807, 2.05) is 12.1 Å². The van der Waals surface area contributed by atoms with Gasteiger partial charge in [-0.15, -0.1) is 0 Å². The van der Waals surface area contributed by atoms with E-state index >= 15 is 0 Å². The van der Waals surface area contributed by atoms with E-state index in [9.17, 15) is 19.2 Å². The molecule has 3 aromatic carbocycles. The smallest absolute Gasteiger partial charge is 0.376 e. The number of rotatable bonds is 7. The standard InChI is InChI=1S/C28H23BrN2O7/c29-21-13-11-20(12-14-21)24(33)27(30)17-36-31(25(27)34)28(16-15-22(32)38-28)26(35)37-23(18-7-3-1-4-8-18)19-9-5-2-6-10-19/h1-14,23H,15-17,30H2/t27-,28?/m0/s1. The molecular weight excluding hydrogens is 556 g/mol. The van der Waals surface area contributed by atoms with Crippen molar-refractivity contribution in [1.82, 2.24) is 5.06 Å². The van der Waals surface area contributed by atoms with E-state index in [-0.39, 0.29) is 18.4 Å². The Labute approximate surface area is 226 Å². The van der Waals surface area contributed by atoms with Gasteiger partial charge in [0, 0.05) is 16.5 Å². The summed E-state index contributed by atoms with van der Waals surface area (Å²) in [5.74, 6) is -3.44. The first-order valence-electron chi connectivity index (χ1n) is 11.8. The van der Waals surface area contributed by atoms with Crippen LogP contribution >= 0.6 is 15.9 Å². The first-order chi connectivity index (χ1) is 18.2. The van der Waals surface area contributed by atoms with Crippen LogP contribution < -0.4 is 5.73 Å². The number of hydroxylamine groups is 2. The van der Waals surface area contributed by atoms with Crippen LogP contribution in [-0.2, 0) is 28.7 Å². The molecule has 10 heteroatoms. The zero-order valence-electron chi connectivity index (χ0n) is 20.0. The van der Waals surface area contributed by atoms with Crippen LogP contribution in [0.1, 0.15) is 40.4 Å². The molecule has 2 heterocycles. The molecule has 0 spiro atoms. The van der Waals surface area contributed by atoms with Crippen molar-refractivity contribution in [2.45, 2.75) is 30.2 Å². The average Bonchev–Trinajstić information content (AvgIpc) is 3.48. The topological polar surface area (TPSA) is 125 Å². The zero-order chi connectivity index (χ0) is 26.9. The summed E-state index contributed by atoms with van der Waals surface area (Å²) in [5.41, 5.74) is 3.43. The summed E-state index contributed by atoms with van der Waals surface area (Å²) in [5, 5.41) is 0.601. The van der Waals surface area contributed by atoms with Gasteiger partial charge in [0.15, 0.2) is 17.4 Å². The van der Waals surface area contributed by atoms with Gasteiger partial charge in [-0.3, -0.25) is 19.2 Å². The Morgan fingerprint density at radius 1 is 0.921 bits per heavy atom. The zero-order valence-corrected chi connectivity index (χ0v) is 21.6. The second kappa shape index (κ2) is 10.1. The lowest BCUT2D eigenvalue weighted by Crippen LogP contribution is -2.62. The maximum atomic E-state index is 13.8. The number of hydrogen-bond acceptors (Lipinski definition) is 8. The van der Waals surface area contributed by atoms with Gasteiger partial charge in [-0.25, -0.2) is 4.79 Å². The predicted molar refractivity (Wildman–Crippen MR) is 137 cm³/mol. The number of amides is 1. The minimum atomic E-state index is -2.24. The van der Waals surface area contributed by atoms with E-state index in [1.54, 1.807) is 60.7 Å². The number of carbonyl (C=O) groups excluding carboxylic acids is 4. The van der Waals surface area contributed by atoms with Gasteiger partial charge in [-0.2, -0.15) is 5.06 Å². The summed E-state index contributed by atoms with van der Waals surface area (Å²) in [6.07, 6.45) is -1.26. The van der Waals surface area contributed by atoms with Crippen LogP contribution in [0.25, 0.3) is 0 Å². The quantitative estimate of drug-likeness (QED) is 0.256. The number of hydrogen-bond donors (Lipinski definition) is 1. The molecule has 1 amide bonds. The van der Waals surface area contributed by atoms with E-state index in [0.717, 1.165) is 4.47 Å². The maximum absolute atomic E-state index is 13.8. The Hall–Kier alpha value is -3.86. The van der Waals surface area contributed by atoms with Crippen LogP contribution in [0.2, 0.25) is 0 Å². The van der Waals surface area contributed by atoms with Gasteiger partial charge in [0.05, 0.1) is 6.42 Å². The van der Waals surface area contributed by atoms with Crippen molar-refractivity contribution in [2.24, 2.45) is 5.73 Å². The van der Waals surface area contributed by atoms with Gasteiger partial charge in [-0.05, 0) is 23.3 Å². The second-order valence-corrected chi connectivity index (χ2v) is 9.96. The number of ether oxygens (including phenoxy) is 2. The Bertz CT molecular complexity index is 1340. The van der Waals surface area contributed by atoms with Crippen LogP contribution in [0.3, 0.4) is 0 Å². The fourth-order valence-electron chi connectivity index (χ4n) is 4.47. The second-order valence-electron chi connectivity index (χ2n) is 9.05. The first kappa shape index (κ1) is 25.8. The molecule has 0 aromatic heterocycles. The van der Waals surface area contributed by atoms with Gasteiger partial charge >= 0.3 is 17.7 Å². The predicted octanol–water partition coefficient (Wildman–Crippen LogP) is 3.47. The number of ketones is 1. The summed E-state index contributed by atoms with van der Waals surface area (Å²) < 4.78 is 12.1. The van der Waals surface area contributed by atoms with E-state index in [0.29, 0.717) is 16.2 Å². The Balaban J connectivity index is 1.47. The van der Waals surface area contributed by atoms with E-state index in [4.69, 9.17) is 20.0 Å². The molecule has 2 aliphatic rings. The molecule has 2 atom stereocenters. The number of esters is 2. The summed E-state index contributed by atoms with van der Waals surface area (Å²) in [4.78, 5) is 58.4. The van der Waals surface area contributed by atoms with Crippen molar-refractivity contribution in [3.8, 4) is 0 Å². The van der Waals surface area contributed by atoms with Crippen molar-refractivity contribution >= 4 is 39.6 Å². The lowest BCUT2D eigenvalue weighted by molar-refractivity contribution is -0.260. The highest BCUT2D eigenvalue weighted by Crippen LogP contribution is 2.39. The van der Waals surface area contributed by atoms with E-state index in [1.165, 1.54) is 12.1 Å². The molecule has 5 rings (SSSR count). The number of halogens is 1. The molecule has 2 aliphatic heterocycles. The molecule has 2 N–H and O–H groups in total. The van der Waals surface area contributed by atoms with Crippen LogP contribution in [0.5, 0.6) is 0 Å². The summed E-state index contributed by atoms with van der Waals surface area (Å²) in [6, 6.07) is 24.3. The molecule has 0 bridgehead atoms. The van der Waals surface area contributed by atoms with Gasteiger partial charge in [0.2, 0.25) is 0 Å². The maximum Gasteiger partial charge on any atom is 0.376 e. The number of carbonyl (C=O) groups is 4. The summed E-state index contributed by atoms with van der Waals surface area (Å²) in [6.45, 7) is -0.548. The number of cyclic esters (lactones) is 1. The number of Topliss-reactive ketones (excluding diaryl/α,β-unsaturated/α-hetero) is 1. The van der Waals surface area contributed by atoms with Crippen molar-refractivity contribution in [3.63, 3.8) is 0 Å². The molecule has 1 unspecified atom stereocenters. The molecule has 2 saturated heterocycles. The molecule has 194 valence electrons. The molecule has 0 saturated carbocycles. The third kappa shape index (κ3) is 4.51. The summed E-state index contributed by atoms with van der Waals surface area (Å²) >= 11 is 3.30. The largest absolute Gasteiger partial charge is 0.448 e. The minimum absolute atomic E-state index is 0.165. The van der Waals surface area contributed by atoms with Crippen LogP contribution in [0.4, 0.5) is 0 Å². The van der Waals surface area contributed by atoms with Crippen molar-refractivity contribution in [1.29, 1.82) is 0 Å². The average molecular weight is 579 g/mol. The fraction of sp³-hybridized carbons (Fsp3) is 0.214. The van der Waals surface area contributed by atoms with Gasteiger partial charge in [0.25, 0.3) is 5.91 Å².